The van der Waals surface area contributed by atoms with E-state index in [2.05, 4.69) is 25.4 Å². The summed E-state index contributed by atoms with van der Waals surface area (Å²) in [4.78, 5) is 36.8. The van der Waals surface area contributed by atoms with Crippen LogP contribution in [0, 0.1) is 0 Å². The van der Waals surface area contributed by atoms with Crippen molar-refractivity contribution in [1.29, 1.82) is 0 Å². The fourth-order valence-corrected chi connectivity index (χ4v) is 5.65. The Balaban J connectivity index is 1.33. The molecule has 2 atom stereocenters. The number of aromatic amines is 1. The Morgan fingerprint density at radius 1 is 0.976 bits per heavy atom. The van der Waals surface area contributed by atoms with E-state index in [1.807, 2.05) is 100 Å². The number of fused-ring (bicyclic) bond motifs is 1. The lowest BCUT2D eigenvalue weighted by molar-refractivity contribution is -0.118. The van der Waals surface area contributed by atoms with Crippen molar-refractivity contribution in [3.05, 3.63) is 95.1 Å². The number of para-hydroxylation sites is 1. The second-order valence-electron chi connectivity index (χ2n) is 10.9. The summed E-state index contributed by atoms with van der Waals surface area (Å²) in [5, 5.41) is 7.88. The highest BCUT2D eigenvalue weighted by Gasteiger charge is 2.32. The smallest absolute Gasteiger partial charge is 0.318 e. The molecule has 0 unspecified atom stereocenters. The number of hydrogen-bond acceptors (Lipinski definition) is 4. The third-order valence-corrected chi connectivity index (χ3v) is 7.84. The minimum absolute atomic E-state index is 0.246. The molecule has 1 fully saturated rings. The van der Waals surface area contributed by atoms with Gasteiger partial charge in [-0.05, 0) is 61.6 Å². The molecule has 1 aliphatic heterocycles. The number of anilines is 2. The van der Waals surface area contributed by atoms with Crippen molar-refractivity contribution in [3.63, 3.8) is 0 Å². The van der Waals surface area contributed by atoms with Crippen LogP contribution in [0.25, 0.3) is 10.9 Å². The van der Waals surface area contributed by atoms with Gasteiger partial charge >= 0.3 is 6.03 Å². The fraction of sp³-hybridized carbons (Fsp3) is 0.312. The van der Waals surface area contributed by atoms with E-state index < -0.39 is 6.04 Å². The number of piperazine rings is 1. The van der Waals surface area contributed by atoms with Crippen LogP contribution in [0.1, 0.15) is 24.0 Å². The monoisotopic (exact) mass is 572 g/mol. The van der Waals surface area contributed by atoms with Crippen molar-refractivity contribution in [2.75, 3.05) is 50.5 Å². The first-order valence-electron chi connectivity index (χ1n) is 13.9. The van der Waals surface area contributed by atoms with Gasteiger partial charge in [0, 0.05) is 72.1 Å². The Morgan fingerprint density at radius 3 is 2.49 bits per heavy atom. The molecule has 1 aliphatic rings. The Morgan fingerprint density at radius 2 is 1.73 bits per heavy atom. The molecule has 3 aromatic carbocycles. The predicted molar refractivity (Wildman–Crippen MR) is 167 cm³/mol. The summed E-state index contributed by atoms with van der Waals surface area (Å²) in [7, 11) is 4.02. The lowest BCUT2D eigenvalue weighted by atomic mass is 9.92. The van der Waals surface area contributed by atoms with Gasteiger partial charge in [0.15, 0.2) is 0 Å². The Bertz CT molecular complexity index is 1510. The molecule has 3 N–H and O–H groups in total. The van der Waals surface area contributed by atoms with E-state index in [0.29, 0.717) is 36.9 Å². The molecule has 0 bridgehead atoms. The lowest BCUT2D eigenvalue weighted by Crippen LogP contribution is -2.56. The van der Waals surface area contributed by atoms with Gasteiger partial charge in [-0.1, -0.05) is 54.9 Å². The Labute approximate surface area is 246 Å². The summed E-state index contributed by atoms with van der Waals surface area (Å²) in [5.74, 6) is -0.538. The van der Waals surface area contributed by atoms with Crippen LogP contribution in [-0.2, 0) is 11.3 Å². The lowest BCUT2D eigenvalue weighted by Gasteiger charge is -2.37. The highest BCUT2D eigenvalue weighted by molar-refractivity contribution is 6.30. The second kappa shape index (κ2) is 12.7. The largest absolute Gasteiger partial charge is 0.368 e. The molecule has 214 valence electrons. The van der Waals surface area contributed by atoms with Crippen LogP contribution in [-0.4, -0.2) is 73.0 Å². The molecule has 5 rings (SSSR count). The number of urea groups is 1. The topological polar surface area (TPSA) is 83.7 Å². The summed E-state index contributed by atoms with van der Waals surface area (Å²) >= 11 is 6.18. The number of carbonyl (C=O) groups excluding carboxylic acids is 2. The number of nitrogens with one attached hydrogen (secondary N) is 3. The highest BCUT2D eigenvalue weighted by atomic mass is 35.5. The van der Waals surface area contributed by atoms with Crippen LogP contribution < -0.4 is 15.5 Å². The molecule has 3 amide bonds. The van der Waals surface area contributed by atoms with E-state index in [1.165, 1.54) is 0 Å². The van der Waals surface area contributed by atoms with E-state index in [1.54, 1.807) is 4.90 Å². The van der Waals surface area contributed by atoms with E-state index >= 15 is 0 Å². The van der Waals surface area contributed by atoms with Crippen LogP contribution in [0.5, 0.6) is 0 Å². The quantitative estimate of drug-likeness (QED) is 0.259. The molecular weight excluding hydrogens is 536 g/mol. The molecule has 2 heterocycles. The summed E-state index contributed by atoms with van der Waals surface area (Å²) in [6.45, 7) is 5.19. The van der Waals surface area contributed by atoms with Crippen LogP contribution in [0.4, 0.5) is 16.2 Å². The summed E-state index contributed by atoms with van der Waals surface area (Å²) in [5.41, 5.74) is 4.81. The summed E-state index contributed by atoms with van der Waals surface area (Å²) in [6.07, 6.45) is 1.93. The first-order valence-corrected chi connectivity index (χ1v) is 14.3. The van der Waals surface area contributed by atoms with Crippen molar-refractivity contribution in [3.8, 4) is 0 Å². The van der Waals surface area contributed by atoms with Gasteiger partial charge in [-0.3, -0.25) is 4.79 Å². The molecule has 9 heteroatoms. The van der Waals surface area contributed by atoms with Gasteiger partial charge in [-0.15, -0.1) is 0 Å². The maximum Gasteiger partial charge on any atom is 0.318 e. The molecule has 8 nitrogen and oxygen atoms in total. The molecule has 1 saturated heterocycles. The van der Waals surface area contributed by atoms with Gasteiger partial charge in [0.1, 0.15) is 6.04 Å². The van der Waals surface area contributed by atoms with Gasteiger partial charge in [0.05, 0.1) is 0 Å². The molecule has 1 aromatic heterocycles. The molecule has 4 aromatic rings. The Hall–Kier alpha value is -4.01. The zero-order chi connectivity index (χ0) is 28.9. The number of amides is 3. The van der Waals surface area contributed by atoms with Crippen LogP contribution in [0.2, 0.25) is 5.02 Å². The van der Waals surface area contributed by atoms with Crippen LogP contribution in [0.3, 0.4) is 0 Å². The van der Waals surface area contributed by atoms with Gasteiger partial charge in [-0.2, -0.15) is 0 Å². The van der Waals surface area contributed by atoms with Crippen molar-refractivity contribution in [2.24, 2.45) is 0 Å². The molecule has 41 heavy (non-hydrogen) atoms. The normalized spacial score (nSPS) is 15.1. The summed E-state index contributed by atoms with van der Waals surface area (Å²) in [6, 6.07) is 22.5. The maximum atomic E-state index is 13.8. The van der Waals surface area contributed by atoms with Crippen molar-refractivity contribution < 1.29 is 9.59 Å². The predicted octanol–water partition coefficient (Wildman–Crippen LogP) is 5.53. The summed E-state index contributed by atoms with van der Waals surface area (Å²) < 4.78 is 0. The number of nitrogens with zero attached hydrogens (tertiary/aromatic N) is 3. The number of halogens is 1. The molecule has 0 radical (unpaired) electrons. The number of rotatable bonds is 8. The minimum Gasteiger partial charge on any atom is -0.368 e. The average molecular weight is 573 g/mol. The second-order valence-corrected chi connectivity index (χ2v) is 11.3. The minimum atomic E-state index is -0.787. The third kappa shape index (κ3) is 6.84. The van der Waals surface area contributed by atoms with Crippen molar-refractivity contribution in [2.45, 2.75) is 25.4 Å². The van der Waals surface area contributed by atoms with Gasteiger partial charge in [0.25, 0.3) is 0 Å². The first kappa shape index (κ1) is 28.5. The average Bonchev–Trinajstić information content (AvgIpc) is 3.39. The highest BCUT2D eigenvalue weighted by Crippen LogP contribution is 2.29. The van der Waals surface area contributed by atoms with Crippen LogP contribution >= 0.6 is 11.6 Å². The third-order valence-electron chi connectivity index (χ3n) is 7.61. The Kier molecular flexibility index (Phi) is 8.81. The molecule has 0 aliphatic carbocycles. The maximum absolute atomic E-state index is 13.8. The van der Waals surface area contributed by atoms with Gasteiger partial charge in [-0.25, -0.2) is 4.79 Å². The van der Waals surface area contributed by atoms with Gasteiger partial charge < -0.3 is 30.3 Å². The van der Waals surface area contributed by atoms with Crippen molar-refractivity contribution in [1.82, 2.24) is 20.1 Å². The molecular formula is C32H37ClN6O2. The van der Waals surface area contributed by atoms with E-state index in [0.717, 1.165) is 34.3 Å². The van der Waals surface area contributed by atoms with E-state index in [4.69, 9.17) is 11.6 Å². The van der Waals surface area contributed by atoms with Crippen LogP contribution in [0.15, 0.2) is 79.0 Å². The van der Waals surface area contributed by atoms with E-state index in [9.17, 15) is 9.59 Å². The SMILES string of the molecule is C[C@H](c1c[nH]c2ccccc12)[C@@H](NC(=O)N1CCN(c2cccc(Cl)c2)CC1)C(=O)Nc1cccc(CN(C)C)c1. The number of hydrogen-bond donors (Lipinski definition) is 3. The molecule has 0 spiro atoms. The first-order chi connectivity index (χ1) is 19.8. The number of H-pyrrole nitrogens is 1. The molecule has 0 saturated carbocycles. The zero-order valence-electron chi connectivity index (χ0n) is 23.7. The fourth-order valence-electron chi connectivity index (χ4n) is 5.47. The number of carbonyl (C=O) groups is 2. The number of aromatic nitrogens is 1. The van der Waals surface area contributed by atoms with E-state index in [-0.39, 0.29) is 17.9 Å². The standard InChI is InChI=1S/C32H37ClN6O2/c1-22(28-20-34-29-13-5-4-12-27(28)29)30(31(40)35-25-10-6-8-23(18-25)21-37(2)3)36-32(41)39-16-14-38(15-17-39)26-11-7-9-24(33)19-26/h4-13,18-20,22,30,34H,14-17,21H2,1-3H3,(H,35,40)(H,36,41)/t22-,30-/m1/s1. The number of benzene rings is 3. The van der Waals surface area contributed by atoms with Crippen molar-refractivity contribution >= 4 is 45.8 Å². The zero-order valence-corrected chi connectivity index (χ0v) is 24.5. The van der Waals surface area contributed by atoms with Gasteiger partial charge in [0.2, 0.25) is 5.91 Å².